The van der Waals surface area contributed by atoms with Gasteiger partial charge in [0, 0.05) is 29.3 Å². The van der Waals surface area contributed by atoms with Crippen LogP contribution in [-0.4, -0.2) is 60.5 Å². The van der Waals surface area contributed by atoms with Crippen molar-refractivity contribution in [2.24, 2.45) is 0 Å². The van der Waals surface area contributed by atoms with Crippen molar-refractivity contribution in [1.82, 2.24) is 5.32 Å². The summed E-state index contributed by atoms with van der Waals surface area (Å²) < 4.78 is 58.0. The van der Waals surface area contributed by atoms with Crippen LogP contribution >= 0.6 is 0 Å². The molecule has 0 spiro atoms. The summed E-state index contributed by atoms with van der Waals surface area (Å²) in [7, 11) is -9.16. The Morgan fingerprint density at radius 2 is 1.38 bits per heavy atom. The van der Waals surface area contributed by atoms with Gasteiger partial charge in [0.25, 0.3) is 16.0 Å². The molecule has 1 amide bonds. The molecule has 11 nitrogen and oxygen atoms in total. The maximum atomic E-state index is 12.2. The molecule has 4 aromatic carbocycles. The highest BCUT2D eigenvalue weighted by Crippen LogP contribution is 2.47. The van der Waals surface area contributed by atoms with Gasteiger partial charge in [-0.3, -0.25) is 9.35 Å². The topological polar surface area (TPSA) is 199 Å². The number of hydrogen-bond donors (Lipinski definition) is 6. The Morgan fingerprint density at radius 3 is 1.93 bits per heavy atom. The zero-order valence-corrected chi connectivity index (χ0v) is 22.8. The summed E-state index contributed by atoms with van der Waals surface area (Å²) in [5.41, 5.74) is 0.942. The van der Waals surface area contributed by atoms with Crippen LogP contribution in [0.2, 0.25) is 0 Å². The predicted molar refractivity (Wildman–Crippen MR) is 147 cm³/mol. The fraction of sp³-hybridized carbons (Fsp3) is 0.148. The largest absolute Gasteiger partial charge is 0.507 e. The van der Waals surface area contributed by atoms with Crippen LogP contribution < -0.4 is 5.32 Å². The Hall–Kier alpha value is -4.33. The van der Waals surface area contributed by atoms with Gasteiger partial charge < -0.3 is 25.7 Å². The minimum Gasteiger partial charge on any atom is -0.507 e. The molecule has 0 aliphatic carbocycles. The first-order valence-corrected chi connectivity index (χ1v) is 15.1. The van der Waals surface area contributed by atoms with Crippen molar-refractivity contribution in [3.63, 3.8) is 0 Å². The van der Waals surface area contributed by atoms with Gasteiger partial charge in [-0.2, -0.15) is 8.42 Å². The van der Waals surface area contributed by atoms with E-state index in [0.717, 1.165) is 18.7 Å². The molecule has 0 bridgehead atoms. The lowest BCUT2D eigenvalue weighted by atomic mass is 9.95. The van der Waals surface area contributed by atoms with E-state index in [1.807, 2.05) is 6.92 Å². The molecule has 0 saturated heterocycles. The molecule has 4 aromatic rings. The van der Waals surface area contributed by atoms with Gasteiger partial charge in [0.15, 0.2) is 9.84 Å². The lowest BCUT2D eigenvalue weighted by molar-refractivity contribution is 0.0951. The number of aromatic hydroxyl groups is 4. The number of nitrogens with one attached hydrogen (secondary N) is 1. The second-order valence-electron chi connectivity index (χ2n) is 9.07. The minimum atomic E-state index is -4.97. The zero-order chi connectivity index (χ0) is 29.6. The molecular weight excluding hydrogens is 562 g/mol. The van der Waals surface area contributed by atoms with Crippen molar-refractivity contribution < 1.29 is 46.6 Å². The maximum absolute atomic E-state index is 12.2. The van der Waals surface area contributed by atoms with E-state index in [2.05, 4.69) is 5.32 Å². The van der Waals surface area contributed by atoms with Crippen molar-refractivity contribution in [3.05, 3.63) is 60.2 Å². The van der Waals surface area contributed by atoms with Gasteiger partial charge in [-0.25, -0.2) is 8.42 Å². The van der Waals surface area contributed by atoms with Crippen molar-refractivity contribution in [2.45, 2.75) is 23.1 Å². The first-order chi connectivity index (χ1) is 18.6. The van der Waals surface area contributed by atoms with Crippen molar-refractivity contribution in [2.75, 3.05) is 12.8 Å². The van der Waals surface area contributed by atoms with Crippen LogP contribution in [-0.2, 0) is 20.0 Å². The van der Waals surface area contributed by atoms with E-state index in [9.17, 15) is 46.6 Å². The second kappa shape index (κ2) is 10.3. The molecule has 0 fully saturated rings. The smallest absolute Gasteiger partial charge is 0.295 e. The molecule has 40 heavy (non-hydrogen) atoms. The number of amides is 1. The van der Waals surface area contributed by atoms with Crippen LogP contribution in [0, 0.1) is 0 Å². The van der Waals surface area contributed by atoms with Crippen molar-refractivity contribution in [1.29, 1.82) is 0 Å². The van der Waals surface area contributed by atoms with E-state index in [1.165, 1.54) is 30.3 Å². The molecule has 210 valence electrons. The van der Waals surface area contributed by atoms with Crippen LogP contribution in [0.15, 0.2) is 64.4 Å². The third kappa shape index (κ3) is 5.26. The zero-order valence-electron chi connectivity index (χ0n) is 21.2. The number of carbonyl (C=O) groups excluding carboxylic acids is 1. The molecule has 0 aromatic heterocycles. The number of benzene rings is 4. The van der Waals surface area contributed by atoms with Gasteiger partial charge in [-0.05, 0) is 53.9 Å². The molecule has 0 unspecified atom stereocenters. The van der Waals surface area contributed by atoms with Gasteiger partial charge in [-0.15, -0.1) is 0 Å². The lowest BCUT2D eigenvalue weighted by Crippen LogP contribution is -2.23. The van der Waals surface area contributed by atoms with E-state index < -0.39 is 52.5 Å². The van der Waals surface area contributed by atoms with Crippen LogP contribution in [0.5, 0.6) is 23.0 Å². The summed E-state index contributed by atoms with van der Waals surface area (Å²) in [6, 6.07) is 11.6. The summed E-state index contributed by atoms with van der Waals surface area (Å²) in [6.07, 6.45) is 1.44. The Balaban J connectivity index is 1.84. The van der Waals surface area contributed by atoms with Crippen LogP contribution in [0.25, 0.3) is 33.0 Å². The van der Waals surface area contributed by atoms with Crippen LogP contribution in [0.3, 0.4) is 0 Å². The fourth-order valence-corrected chi connectivity index (χ4v) is 5.89. The van der Waals surface area contributed by atoms with Crippen LogP contribution in [0.1, 0.15) is 23.7 Å². The molecule has 0 aliphatic rings. The Morgan fingerprint density at radius 1 is 0.775 bits per heavy atom. The Kier molecular flexibility index (Phi) is 7.41. The predicted octanol–water partition coefficient (Wildman–Crippen LogP) is 3.79. The fourth-order valence-electron chi connectivity index (χ4n) is 4.31. The summed E-state index contributed by atoms with van der Waals surface area (Å²) in [4.78, 5) is 10.5. The summed E-state index contributed by atoms with van der Waals surface area (Å²) >= 11 is 0. The number of carbonyl (C=O) groups is 1. The van der Waals surface area contributed by atoms with Gasteiger partial charge in [-0.1, -0.05) is 25.1 Å². The minimum absolute atomic E-state index is 0.0421. The van der Waals surface area contributed by atoms with Gasteiger partial charge in [0.2, 0.25) is 0 Å². The molecular formula is C27H25NO10S2. The standard InChI is InChI=1S/C27H25NO10S2/c1-3-10-28-27(33)18-7-5-15(12-21(18)30)14-4-6-16(20(29)11-14)17-8-9-19-22(40(36,37)38)13-23(39(2,34)35)26(32)24(19)25(17)31/h4-9,11-13,29-32H,3,10H2,1-2H3,(H,28,33)(H,36,37,38). The number of hydrogen-bond acceptors (Lipinski definition) is 9. The summed E-state index contributed by atoms with van der Waals surface area (Å²) in [6.45, 7) is 2.34. The number of rotatable bonds is 7. The number of sulfone groups is 1. The first kappa shape index (κ1) is 28.7. The molecule has 13 heteroatoms. The first-order valence-electron chi connectivity index (χ1n) is 11.8. The van der Waals surface area contributed by atoms with E-state index in [1.54, 1.807) is 12.1 Å². The SMILES string of the molecule is CCCNC(=O)c1ccc(-c2ccc(-c3ccc4c(S(=O)(=O)O)cc(S(C)(=O)=O)c(O)c4c3O)c(O)c2)cc1O. The highest BCUT2D eigenvalue weighted by molar-refractivity contribution is 7.91. The van der Waals surface area contributed by atoms with Crippen LogP contribution in [0.4, 0.5) is 0 Å². The molecule has 6 N–H and O–H groups in total. The maximum Gasteiger partial charge on any atom is 0.295 e. The quantitative estimate of drug-likeness (QED) is 0.173. The van der Waals surface area contributed by atoms with Crippen molar-refractivity contribution >= 4 is 36.6 Å². The highest BCUT2D eigenvalue weighted by Gasteiger charge is 2.27. The molecule has 0 aliphatic heterocycles. The molecule has 0 atom stereocenters. The summed E-state index contributed by atoms with van der Waals surface area (Å²) in [5.74, 6) is -2.73. The van der Waals surface area contributed by atoms with E-state index in [4.69, 9.17) is 0 Å². The van der Waals surface area contributed by atoms with Gasteiger partial charge in [0.05, 0.1) is 10.9 Å². The third-order valence-corrected chi connectivity index (χ3v) is 8.26. The van der Waals surface area contributed by atoms with Gasteiger partial charge in [0.1, 0.15) is 32.8 Å². The average Bonchev–Trinajstić information content (AvgIpc) is 2.86. The van der Waals surface area contributed by atoms with E-state index >= 15 is 0 Å². The van der Waals surface area contributed by atoms with Gasteiger partial charge >= 0.3 is 0 Å². The lowest BCUT2D eigenvalue weighted by Gasteiger charge is -2.15. The molecule has 0 saturated carbocycles. The number of fused-ring (bicyclic) bond motifs is 1. The van der Waals surface area contributed by atoms with E-state index in [-0.39, 0.29) is 33.6 Å². The highest BCUT2D eigenvalue weighted by atomic mass is 32.2. The monoisotopic (exact) mass is 587 g/mol. The second-order valence-corrected chi connectivity index (χ2v) is 12.4. The third-order valence-electron chi connectivity index (χ3n) is 6.25. The summed E-state index contributed by atoms with van der Waals surface area (Å²) in [5, 5.41) is 44.7. The van der Waals surface area contributed by atoms with E-state index in [0.29, 0.717) is 23.7 Å². The van der Waals surface area contributed by atoms with Crippen molar-refractivity contribution in [3.8, 4) is 45.3 Å². The Labute approximate surface area is 229 Å². The number of phenols is 4. The Bertz CT molecular complexity index is 1900. The molecule has 0 radical (unpaired) electrons. The average molecular weight is 588 g/mol. The normalized spacial score (nSPS) is 12.0. The molecule has 0 heterocycles. The number of phenolic OH excluding ortho intramolecular Hbond substituents is 4. The molecule has 4 rings (SSSR count).